The second-order valence-electron chi connectivity index (χ2n) is 5.66. The summed E-state index contributed by atoms with van der Waals surface area (Å²) in [6.45, 7) is 4.15. The number of carboxylic acids is 1. The Morgan fingerprint density at radius 3 is 2.18 bits per heavy atom. The van der Waals surface area contributed by atoms with Gasteiger partial charge >= 0.3 is 5.97 Å². The van der Waals surface area contributed by atoms with Gasteiger partial charge in [-0.25, -0.2) is 4.79 Å². The summed E-state index contributed by atoms with van der Waals surface area (Å²) in [5.74, 6) is -1.07. The number of carbonyl (C=O) groups is 2. The molecule has 0 aliphatic carbocycles. The van der Waals surface area contributed by atoms with Crippen LogP contribution >= 0.6 is 0 Å². The summed E-state index contributed by atoms with van der Waals surface area (Å²) >= 11 is 0. The van der Waals surface area contributed by atoms with E-state index < -0.39 is 5.97 Å². The maximum Gasteiger partial charge on any atom is 0.336 e. The quantitative estimate of drug-likeness (QED) is 0.654. The third-order valence-electron chi connectivity index (χ3n) is 3.47. The molecule has 0 amide bonds. The van der Waals surface area contributed by atoms with Crippen molar-refractivity contribution in [1.29, 1.82) is 0 Å². The number of hydrogen-bond donors (Lipinski definition) is 2. The topological polar surface area (TPSA) is 80.4 Å². The number of rotatable bonds is 5. The van der Waals surface area contributed by atoms with E-state index in [0.29, 0.717) is 17.2 Å². The fourth-order valence-electron chi connectivity index (χ4n) is 2.44. The second-order valence-corrected chi connectivity index (χ2v) is 5.66. The van der Waals surface area contributed by atoms with E-state index >= 15 is 0 Å². The van der Waals surface area contributed by atoms with Crippen molar-refractivity contribution >= 4 is 17.4 Å². The lowest BCUT2D eigenvalue weighted by Gasteiger charge is -2.13. The van der Waals surface area contributed by atoms with Gasteiger partial charge in [-0.2, -0.15) is 0 Å². The van der Waals surface area contributed by atoms with Crippen molar-refractivity contribution < 1.29 is 14.7 Å². The molecule has 0 unspecified atom stereocenters. The number of ketones is 1. The fraction of sp³-hybridized carbons (Fsp3) is 0.222. The van der Waals surface area contributed by atoms with Crippen LogP contribution in [0.25, 0.3) is 0 Å². The van der Waals surface area contributed by atoms with E-state index in [0.717, 1.165) is 12.0 Å². The highest BCUT2D eigenvalue weighted by Crippen LogP contribution is 2.24. The van der Waals surface area contributed by atoms with Crippen molar-refractivity contribution in [1.82, 2.24) is 0 Å². The van der Waals surface area contributed by atoms with E-state index in [4.69, 9.17) is 5.73 Å². The Hall–Kier alpha value is -2.62. The molecular weight excluding hydrogens is 278 g/mol. The van der Waals surface area contributed by atoms with Crippen LogP contribution in [0.3, 0.4) is 0 Å². The molecule has 0 radical (unpaired) electrons. The maximum absolute atomic E-state index is 12.7. The molecule has 4 heteroatoms. The molecule has 0 saturated carbocycles. The van der Waals surface area contributed by atoms with Crippen LogP contribution in [0.5, 0.6) is 0 Å². The molecule has 2 rings (SSSR count). The average Bonchev–Trinajstić information content (AvgIpc) is 2.48. The predicted molar refractivity (Wildman–Crippen MR) is 86.2 cm³/mol. The van der Waals surface area contributed by atoms with Crippen molar-refractivity contribution in [2.75, 3.05) is 5.73 Å². The molecule has 0 aromatic heterocycles. The summed E-state index contributed by atoms with van der Waals surface area (Å²) in [7, 11) is 0. The first kappa shape index (κ1) is 15.8. The number of nitrogen functional groups attached to an aromatic ring is 1. The van der Waals surface area contributed by atoms with Crippen molar-refractivity contribution in [2.24, 2.45) is 5.92 Å². The molecule has 0 bridgehead atoms. The minimum absolute atomic E-state index is 0.0128. The lowest BCUT2D eigenvalue weighted by molar-refractivity contribution is 0.0693. The van der Waals surface area contributed by atoms with Crippen LogP contribution in [0, 0.1) is 5.92 Å². The molecule has 0 aliphatic heterocycles. The van der Waals surface area contributed by atoms with Gasteiger partial charge < -0.3 is 10.8 Å². The largest absolute Gasteiger partial charge is 0.478 e. The van der Waals surface area contributed by atoms with Crippen LogP contribution in [-0.4, -0.2) is 16.9 Å². The number of hydrogen-bond acceptors (Lipinski definition) is 3. The number of para-hydroxylation sites is 1. The molecule has 114 valence electrons. The smallest absolute Gasteiger partial charge is 0.336 e. The highest BCUT2D eigenvalue weighted by Gasteiger charge is 2.20. The van der Waals surface area contributed by atoms with E-state index in [1.165, 1.54) is 12.1 Å². The zero-order valence-electron chi connectivity index (χ0n) is 12.7. The van der Waals surface area contributed by atoms with Crippen LogP contribution in [0.4, 0.5) is 5.69 Å². The summed E-state index contributed by atoms with van der Waals surface area (Å²) in [5, 5.41) is 9.22. The van der Waals surface area contributed by atoms with Crippen molar-refractivity contribution in [2.45, 2.75) is 20.3 Å². The lowest BCUT2D eigenvalue weighted by atomic mass is 9.93. The number of anilines is 1. The first-order chi connectivity index (χ1) is 10.4. The van der Waals surface area contributed by atoms with Gasteiger partial charge in [-0.15, -0.1) is 0 Å². The standard InChI is InChI=1S/C18H19NO3/c1-11(2)10-12-6-5-9-15(16(12)19)17(20)13-7-3-4-8-14(13)18(21)22/h3-9,11H,10,19H2,1-2H3,(H,21,22). The molecule has 22 heavy (non-hydrogen) atoms. The molecule has 0 spiro atoms. The van der Waals surface area contributed by atoms with Crippen molar-refractivity contribution in [3.05, 3.63) is 64.7 Å². The van der Waals surface area contributed by atoms with Crippen molar-refractivity contribution in [3.63, 3.8) is 0 Å². The predicted octanol–water partition coefficient (Wildman–Crippen LogP) is 3.40. The summed E-state index contributed by atoms with van der Waals surface area (Å²) in [5.41, 5.74) is 7.97. The van der Waals surface area contributed by atoms with E-state index in [-0.39, 0.29) is 16.9 Å². The third-order valence-corrected chi connectivity index (χ3v) is 3.47. The summed E-state index contributed by atoms with van der Waals surface area (Å²) in [6, 6.07) is 11.5. The van der Waals surface area contributed by atoms with E-state index in [9.17, 15) is 14.7 Å². The minimum atomic E-state index is -1.12. The summed E-state index contributed by atoms with van der Waals surface area (Å²) in [6.07, 6.45) is 0.771. The zero-order valence-corrected chi connectivity index (χ0v) is 12.7. The Kier molecular flexibility index (Phi) is 4.61. The second kappa shape index (κ2) is 6.43. The van der Waals surface area contributed by atoms with Crippen LogP contribution in [0.1, 0.15) is 45.7 Å². The van der Waals surface area contributed by atoms with Crippen LogP contribution in [0.2, 0.25) is 0 Å². The Morgan fingerprint density at radius 2 is 1.59 bits per heavy atom. The zero-order chi connectivity index (χ0) is 16.3. The Balaban J connectivity index is 2.49. The first-order valence-electron chi connectivity index (χ1n) is 7.16. The molecule has 4 nitrogen and oxygen atoms in total. The number of carboxylic acid groups (broad SMARTS) is 1. The normalized spacial score (nSPS) is 10.7. The number of benzene rings is 2. The molecule has 0 aliphatic rings. The Morgan fingerprint density at radius 1 is 1.00 bits per heavy atom. The molecule has 2 aromatic rings. The van der Waals surface area contributed by atoms with Crippen LogP contribution in [0.15, 0.2) is 42.5 Å². The molecule has 0 fully saturated rings. The minimum Gasteiger partial charge on any atom is -0.478 e. The van der Waals surface area contributed by atoms with Gasteiger partial charge in [0.2, 0.25) is 0 Å². The van der Waals surface area contributed by atoms with Gasteiger partial charge in [0.25, 0.3) is 0 Å². The Bertz CT molecular complexity index is 720. The molecule has 0 saturated heterocycles. The fourth-order valence-corrected chi connectivity index (χ4v) is 2.44. The van der Waals surface area contributed by atoms with Gasteiger partial charge in [-0.05, 0) is 30.0 Å². The SMILES string of the molecule is CC(C)Cc1cccc(C(=O)c2ccccc2C(=O)O)c1N. The first-order valence-corrected chi connectivity index (χ1v) is 7.16. The van der Waals surface area contributed by atoms with Gasteiger partial charge in [-0.3, -0.25) is 4.79 Å². The summed E-state index contributed by atoms with van der Waals surface area (Å²) < 4.78 is 0. The van der Waals surface area contributed by atoms with Gasteiger partial charge in [0, 0.05) is 16.8 Å². The lowest BCUT2D eigenvalue weighted by Crippen LogP contribution is -2.12. The average molecular weight is 297 g/mol. The van der Waals surface area contributed by atoms with Gasteiger partial charge in [0.15, 0.2) is 5.78 Å². The van der Waals surface area contributed by atoms with Crippen LogP contribution < -0.4 is 5.73 Å². The van der Waals surface area contributed by atoms with Gasteiger partial charge in [0.1, 0.15) is 0 Å². The molecule has 0 heterocycles. The molecule has 3 N–H and O–H groups in total. The third kappa shape index (κ3) is 3.17. The van der Waals surface area contributed by atoms with Gasteiger partial charge in [-0.1, -0.05) is 44.2 Å². The number of aromatic carboxylic acids is 1. The van der Waals surface area contributed by atoms with E-state index in [1.54, 1.807) is 24.3 Å². The summed E-state index contributed by atoms with van der Waals surface area (Å²) in [4.78, 5) is 24.0. The van der Waals surface area contributed by atoms with Crippen molar-refractivity contribution in [3.8, 4) is 0 Å². The van der Waals surface area contributed by atoms with Crippen LogP contribution in [-0.2, 0) is 6.42 Å². The molecule has 0 atom stereocenters. The highest BCUT2D eigenvalue weighted by molar-refractivity contribution is 6.16. The molecule has 2 aromatic carbocycles. The van der Waals surface area contributed by atoms with E-state index in [1.807, 2.05) is 6.07 Å². The number of nitrogens with two attached hydrogens (primary N) is 1. The number of carbonyl (C=O) groups excluding carboxylic acids is 1. The van der Waals surface area contributed by atoms with Gasteiger partial charge in [0.05, 0.1) is 5.56 Å². The maximum atomic E-state index is 12.7. The molecular formula is C18H19NO3. The monoisotopic (exact) mass is 297 g/mol. The van der Waals surface area contributed by atoms with E-state index in [2.05, 4.69) is 13.8 Å². The Labute approximate surface area is 129 Å². The highest BCUT2D eigenvalue weighted by atomic mass is 16.4.